The molecule has 2 amide bonds. The highest BCUT2D eigenvalue weighted by Gasteiger charge is 2.12. The van der Waals surface area contributed by atoms with E-state index in [1.807, 2.05) is 0 Å². The Morgan fingerprint density at radius 1 is 0.926 bits per heavy atom. The molecule has 0 aliphatic carbocycles. The van der Waals surface area contributed by atoms with E-state index >= 15 is 0 Å². The van der Waals surface area contributed by atoms with Crippen molar-refractivity contribution in [3.63, 3.8) is 0 Å². The average molecular weight is 396 g/mol. The fraction of sp³-hybridized carbons (Fsp3) is 0.263. The lowest BCUT2D eigenvalue weighted by Gasteiger charge is -2.08. The Morgan fingerprint density at radius 3 is 2.44 bits per heavy atom. The fourth-order valence-electron chi connectivity index (χ4n) is 2.21. The predicted octanol–water partition coefficient (Wildman–Crippen LogP) is 3.27. The number of hydrogen-bond donors (Lipinski definition) is 2. The summed E-state index contributed by atoms with van der Waals surface area (Å²) in [5.74, 6) is -1.81. The minimum absolute atomic E-state index is 0.0316. The molecule has 0 radical (unpaired) electrons. The van der Waals surface area contributed by atoms with Crippen LogP contribution in [-0.4, -0.2) is 30.7 Å². The fourth-order valence-corrected chi connectivity index (χ4v) is 3.05. The summed E-state index contributed by atoms with van der Waals surface area (Å²) < 4.78 is 39.7. The molecule has 0 aliphatic heterocycles. The standard InChI is InChI=1S/C19H19F3N2O2S/c20-14-5-6-15(17(22)11-14)19(26)24-8-7-18(25)23-9-10-27-12-13-3-1-2-4-16(13)21/h1-6,11H,7-10,12H2,(H,23,25)(H,24,26). The van der Waals surface area contributed by atoms with Crippen molar-refractivity contribution in [2.24, 2.45) is 0 Å². The molecule has 0 bridgehead atoms. The largest absolute Gasteiger partial charge is 0.355 e. The van der Waals surface area contributed by atoms with Crippen LogP contribution in [0.15, 0.2) is 42.5 Å². The Bertz CT molecular complexity index is 802. The van der Waals surface area contributed by atoms with Crippen molar-refractivity contribution in [1.82, 2.24) is 10.6 Å². The molecule has 2 N–H and O–H groups in total. The summed E-state index contributed by atoms with van der Waals surface area (Å²) in [6.07, 6.45) is 0.0343. The number of rotatable bonds is 9. The molecule has 0 atom stereocenters. The van der Waals surface area contributed by atoms with Gasteiger partial charge in [0.1, 0.15) is 17.5 Å². The molecule has 0 unspecified atom stereocenters. The van der Waals surface area contributed by atoms with Gasteiger partial charge in [0, 0.05) is 37.1 Å². The number of thioether (sulfide) groups is 1. The molecule has 0 heterocycles. The Balaban J connectivity index is 1.59. The molecule has 27 heavy (non-hydrogen) atoms. The van der Waals surface area contributed by atoms with E-state index in [-0.39, 0.29) is 30.3 Å². The molecule has 8 heteroatoms. The quantitative estimate of drug-likeness (QED) is 0.640. The van der Waals surface area contributed by atoms with E-state index < -0.39 is 17.5 Å². The van der Waals surface area contributed by atoms with Gasteiger partial charge < -0.3 is 10.6 Å². The lowest BCUT2D eigenvalue weighted by Crippen LogP contribution is -2.32. The molecule has 4 nitrogen and oxygen atoms in total. The lowest BCUT2D eigenvalue weighted by molar-refractivity contribution is -0.120. The lowest BCUT2D eigenvalue weighted by atomic mass is 10.2. The number of benzene rings is 2. The van der Waals surface area contributed by atoms with E-state index in [0.717, 1.165) is 12.1 Å². The topological polar surface area (TPSA) is 58.2 Å². The summed E-state index contributed by atoms with van der Waals surface area (Å²) in [5, 5.41) is 5.10. The molecule has 2 aromatic carbocycles. The third-order valence-electron chi connectivity index (χ3n) is 3.60. The van der Waals surface area contributed by atoms with Gasteiger partial charge in [-0.05, 0) is 23.8 Å². The maximum absolute atomic E-state index is 13.5. The van der Waals surface area contributed by atoms with Crippen LogP contribution in [0.1, 0.15) is 22.3 Å². The van der Waals surface area contributed by atoms with Crippen LogP contribution >= 0.6 is 11.8 Å². The van der Waals surface area contributed by atoms with Crippen LogP contribution in [0.3, 0.4) is 0 Å². The van der Waals surface area contributed by atoms with Gasteiger partial charge in [-0.3, -0.25) is 9.59 Å². The highest BCUT2D eigenvalue weighted by Crippen LogP contribution is 2.14. The summed E-state index contributed by atoms with van der Waals surface area (Å²) in [7, 11) is 0. The summed E-state index contributed by atoms with van der Waals surface area (Å²) in [5.41, 5.74) is 0.339. The van der Waals surface area contributed by atoms with Gasteiger partial charge in [-0.1, -0.05) is 18.2 Å². The molecule has 0 fully saturated rings. The van der Waals surface area contributed by atoms with Crippen molar-refractivity contribution in [3.8, 4) is 0 Å². The second-order valence-electron chi connectivity index (χ2n) is 5.62. The van der Waals surface area contributed by atoms with Crippen molar-refractivity contribution in [3.05, 3.63) is 71.0 Å². The van der Waals surface area contributed by atoms with Gasteiger partial charge in [0.15, 0.2) is 0 Å². The Kier molecular flexibility index (Phi) is 8.19. The summed E-state index contributed by atoms with van der Waals surface area (Å²) >= 11 is 1.49. The van der Waals surface area contributed by atoms with Crippen LogP contribution in [0, 0.1) is 17.5 Å². The van der Waals surface area contributed by atoms with Gasteiger partial charge in [0.2, 0.25) is 5.91 Å². The third-order valence-corrected chi connectivity index (χ3v) is 4.61. The number of carbonyl (C=O) groups excluding carboxylic acids is 2. The van der Waals surface area contributed by atoms with Gasteiger partial charge in [0.05, 0.1) is 5.56 Å². The smallest absolute Gasteiger partial charge is 0.254 e. The first-order valence-electron chi connectivity index (χ1n) is 8.28. The van der Waals surface area contributed by atoms with Crippen LogP contribution in [0.2, 0.25) is 0 Å². The van der Waals surface area contributed by atoms with Crippen LogP contribution in [0.4, 0.5) is 13.2 Å². The summed E-state index contributed by atoms with van der Waals surface area (Å²) in [6.45, 7) is 0.447. The molecule has 0 saturated carbocycles. The average Bonchev–Trinajstić information content (AvgIpc) is 2.62. The zero-order chi connectivity index (χ0) is 19.6. The van der Waals surface area contributed by atoms with E-state index in [1.165, 1.54) is 17.8 Å². The number of amides is 2. The molecule has 0 aromatic heterocycles. The van der Waals surface area contributed by atoms with Gasteiger partial charge in [0.25, 0.3) is 5.91 Å². The normalized spacial score (nSPS) is 10.5. The number of hydrogen-bond acceptors (Lipinski definition) is 3. The van der Waals surface area contributed by atoms with E-state index in [2.05, 4.69) is 10.6 Å². The number of nitrogens with one attached hydrogen (secondary N) is 2. The van der Waals surface area contributed by atoms with Crippen LogP contribution in [0.5, 0.6) is 0 Å². The maximum atomic E-state index is 13.5. The highest BCUT2D eigenvalue weighted by molar-refractivity contribution is 7.98. The zero-order valence-electron chi connectivity index (χ0n) is 14.4. The molecule has 0 aliphatic rings. The number of carbonyl (C=O) groups is 2. The predicted molar refractivity (Wildman–Crippen MR) is 98.9 cm³/mol. The van der Waals surface area contributed by atoms with Gasteiger partial charge in [-0.2, -0.15) is 11.8 Å². The first kappa shape index (κ1) is 20.8. The second kappa shape index (κ2) is 10.6. The molecule has 2 aromatic rings. The summed E-state index contributed by atoms with van der Waals surface area (Å²) in [4.78, 5) is 23.5. The Morgan fingerprint density at radius 2 is 1.70 bits per heavy atom. The number of halogens is 3. The van der Waals surface area contributed by atoms with Crippen LogP contribution in [0.25, 0.3) is 0 Å². The molecule has 0 spiro atoms. The van der Waals surface area contributed by atoms with Crippen LogP contribution < -0.4 is 10.6 Å². The van der Waals surface area contributed by atoms with Crippen molar-refractivity contribution in [2.75, 3.05) is 18.8 Å². The summed E-state index contributed by atoms with van der Waals surface area (Å²) in [6, 6.07) is 9.19. The maximum Gasteiger partial charge on any atom is 0.254 e. The van der Waals surface area contributed by atoms with Crippen molar-refractivity contribution in [1.29, 1.82) is 0 Å². The van der Waals surface area contributed by atoms with Gasteiger partial charge >= 0.3 is 0 Å². The van der Waals surface area contributed by atoms with Gasteiger partial charge in [-0.25, -0.2) is 13.2 Å². The van der Waals surface area contributed by atoms with E-state index in [9.17, 15) is 22.8 Å². The second-order valence-corrected chi connectivity index (χ2v) is 6.73. The molecular weight excluding hydrogens is 377 g/mol. The van der Waals surface area contributed by atoms with Crippen molar-refractivity contribution in [2.45, 2.75) is 12.2 Å². The monoisotopic (exact) mass is 396 g/mol. The zero-order valence-corrected chi connectivity index (χ0v) is 15.3. The van der Waals surface area contributed by atoms with Crippen LogP contribution in [-0.2, 0) is 10.5 Å². The van der Waals surface area contributed by atoms with Crippen molar-refractivity contribution < 1.29 is 22.8 Å². The van der Waals surface area contributed by atoms with E-state index in [0.29, 0.717) is 29.7 Å². The first-order valence-corrected chi connectivity index (χ1v) is 9.44. The molecule has 2 rings (SSSR count). The molecule has 144 valence electrons. The van der Waals surface area contributed by atoms with E-state index in [1.54, 1.807) is 18.2 Å². The van der Waals surface area contributed by atoms with E-state index in [4.69, 9.17) is 0 Å². The molecule has 0 saturated heterocycles. The minimum atomic E-state index is -0.955. The molecular formula is C19H19F3N2O2S. The third kappa shape index (κ3) is 6.97. The van der Waals surface area contributed by atoms with Gasteiger partial charge in [-0.15, -0.1) is 0 Å². The highest BCUT2D eigenvalue weighted by atomic mass is 32.2. The minimum Gasteiger partial charge on any atom is -0.355 e. The Hall–Kier alpha value is -2.48. The SMILES string of the molecule is O=C(CCNC(=O)c1ccc(F)cc1F)NCCSCc1ccccc1F. The first-order chi connectivity index (χ1) is 13.0. The Labute approximate surface area is 159 Å². The van der Waals surface area contributed by atoms with Crippen molar-refractivity contribution >= 4 is 23.6 Å².